The maximum Gasteiger partial charge on any atom is 0.481 e. The number of carbonyl (C=O) groups excluding carboxylic acids is 1. The Bertz CT molecular complexity index is 526. The Hall–Kier alpha value is -0.585. The summed E-state index contributed by atoms with van der Waals surface area (Å²) in [5.41, 5.74) is 5.96. The van der Waals surface area contributed by atoms with Crippen molar-refractivity contribution in [2.24, 2.45) is 23.0 Å². The van der Waals surface area contributed by atoms with Crippen molar-refractivity contribution < 1.29 is 14.1 Å². The SMILES string of the molecule is C[C@H](N)C(=O)N1CCC[C@H]1B1O[C@@H]2C[C@@H]3C[C@@H](C3(C)C)[C@]2(C)O1. The minimum atomic E-state index is -0.457. The van der Waals surface area contributed by atoms with E-state index in [0.29, 0.717) is 11.3 Å². The average molecular weight is 320 g/mol. The largest absolute Gasteiger partial charge is 0.481 e. The smallest absolute Gasteiger partial charge is 0.404 e. The van der Waals surface area contributed by atoms with E-state index >= 15 is 0 Å². The fourth-order valence-electron chi connectivity index (χ4n) is 5.67. The summed E-state index contributed by atoms with van der Waals surface area (Å²) in [4.78, 5) is 14.3. The molecule has 128 valence electrons. The van der Waals surface area contributed by atoms with Crippen molar-refractivity contribution >= 4 is 13.0 Å². The van der Waals surface area contributed by atoms with Crippen LogP contribution in [-0.4, -0.2) is 48.2 Å². The minimum Gasteiger partial charge on any atom is -0.404 e. The normalized spacial score (nSPS) is 45.6. The average Bonchev–Trinajstić information content (AvgIpc) is 3.08. The molecule has 2 N–H and O–H groups in total. The molecule has 6 heteroatoms. The number of carbonyl (C=O) groups is 1. The number of nitrogens with zero attached hydrogens (tertiary/aromatic N) is 1. The molecule has 2 aliphatic heterocycles. The van der Waals surface area contributed by atoms with Gasteiger partial charge in [0.25, 0.3) is 0 Å². The molecule has 0 aromatic rings. The van der Waals surface area contributed by atoms with Crippen molar-refractivity contribution in [2.75, 3.05) is 6.54 Å². The van der Waals surface area contributed by atoms with Gasteiger partial charge in [0.15, 0.2) is 0 Å². The van der Waals surface area contributed by atoms with Gasteiger partial charge >= 0.3 is 7.12 Å². The number of nitrogens with two attached hydrogens (primary N) is 1. The number of likely N-dealkylation sites (tertiary alicyclic amines) is 1. The second-order valence-corrected chi connectivity index (χ2v) is 8.87. The molecule has 0 radical (unpaired) electrons. The van der Waals surface area contributed by atoms with E-state index in [0.717, 1.165) is 31.7 Å². The Morgan fingerprint density at radius 3 is 2.74 bits per heavy atom. The molecule has 1 amide bonds. The molecule has 23 heavy (non-hydrogen) atoms. The molecule has 0 unspecified atom stereocenters. The number of rotatable bonds is 2. The van der Waals surface area contributed by atoms with E-state index in [-0.39, 0.29) is 30.7 Å². The molecular formula is C17H29BN2O3. The lowest BCUT2D eigenvalue weighted by molar-refractivity contribution is -0.199. The van der Waals surface area contributed by atoms with E-state index in [4.69, 9.17) is 15.0 Å². The van der Waals surface area contributed by atoms with Crippen molar-refractivity contribution in [1.82, 2.24) is 4.90 Å². The summed E-state index contributed by atoms with van der Waals surface area (Å²) in [5.74, 6) is 1.35. The van der Waals surface area contributed by atoms with Crippen LogP contribution >= 0.6 is 0 Å². The monoisotopic (exact) mass is 320 g/mol. The first-order chi connectivity index (χ1) is 10.7. The summed E-state index contributed by atoms with van der Waals surface area (Å²) in [5, 5.41) is 0. The minimum absolute atomic E-state index is 0.0179. The zero-order valence-corrected chi connectivity index (χ0v) is 14.7. The number of hydrogen-bond acceptors (Lipinski definition) is 4. The predicted octanol–water partition coefficient (Wildman–Crippen LogP) is 1.59. The molecule has 0 aromatic heterocycles. The first-order valence-corrected chi connectivity index (χ1v) is 9.14. The van der Waals surface area contributed by atoms with Gasteiger partial charge < -0.3 is 19.9 Å². The predicted molar refractivity (Wildman–Crippen MR) is 88.5 cm³/mol. The molecular weight excluding hydrogens is 291 g/mol. The lowest BCUT2D eigenvalue weighted by Crippen LogP contribution is -2.65. The van der Waals surface area contributed by atoms with Gasteiger partial charge in [-0.25, -0.2) is 0 Å². The molecule has 3 aliphatic carbocycles. The van der Waals surface area contributed by atoms with Crippen molar-refractivity contribution in [3.63, 3.8) is 0 Å². The third-order valence-corrected chi connectivity index (χ3v) is 7.25. The van der Waals surface area contributed by atoms with Gasteiger partial charge in [0, 0.05) is 6.54 Å². The highest BCUT2D eigenvalue weighted by Crippen LogP contribution is 2.65. The third-order valence-electron chi connectivity index (χ3n) is 7.25. The molecule has 2 saturated heterocycles. The topological polar surface area (TPSA) is 64.8 Å². The summed E-state index contributed by atoms with van der Waals surface area (Å²) >= 11 is 0. The first-order valence-electron chi connectivity index (χ1n) is 9.14. The lowest BCUT2D eigenvalue weighted by atomic mass is 9.43. The van der Waals surface area contributed by atoms with Crippen molar-refractivity contribution in [3.05, 3.63) is 0 Å². The van der Waals surface area contributed by atoms with Crippen LogP contribution in [0.4, 0.5) is 0 Å². The van der Waals surface area contributed by atoms with Gasteiger partial charge in [-0.2, -0.15) is 0 Å². The van der Waals surface area contributed by atoms with Gasteiger partial charge in [0.05, 0.1) is 23.7 Å². The quantitative estimate of drug-likeness (QED) is 0.785. The van der Waals surface area contributed by atoms with E-state index in [1.165, 1.54) is 6.42 Å². The summed E-state index contributed by atoms with van der Waals surface area (Å²) in [6.07, 6.45) is 4.47. The zero-order valence-electron chi connectivity index (χ0n) is 14.7. The fourth-order valence-corrected chi connectivity index (χ4v) is 5.67. The van der Waals surface area contributed by atoms with Gasteiger partial charge in [-0.05, 0) is 56.8 Å². The summed E-state index contributed by atoms with van der Waals surface area (Å²) in [6, 6.07) is -0.457. The molecule has 3 saturated carbocycles. The highest BCUT2D eigenvalue weighted by molar-refractivity contribution is 6.48. The summed E-state index contributed by atoms with van der Waals surface area (Å²) in [6.45, 7) is 9.49. The maximum atomic E-state index is 12.4. The van der Waals surface area contributed by atoms with Gasteiger partial charge in [-0.15, -0.1) is 0 Å². The Morgan fingerprint density at radius 2 is 2.09 bits per heavy atom. The van der Waals surface area contributed by atoms with Crippen LogP contribution in [0.25, 0.3) is 0 Å². The Kier molecular flexibility index (Phi) is 3.43. The lowest BCUT2D eigenvalue weighted by Gasteiger charge is -2.64. The van der Waals surface area contributed by atoms with Crippen molar-refractivity contribution in [2.45, 2.75) is 77.1 Å². The molecule has 0 spiro atoms. The van der Waals surface area contributed by atoms with E-state index in [9.17, 15) is 4.79 Å². The van der Waals surface area contributed by atoms with Crippen LogP contribution in [0.2, 0.25) is 0 Å². The van der Waals surface area contributed by atoms with Crippen molar-refractivity contribution in [1.29, 1.82) is 0 Å². The van der Waals surface area contributed by atoms with Crippen LogP contribution in [-0.2, 0) is 14.1 Å². The van der Waals surface area contributed by atoms with Gasteiger partial charge in [0.1, 0.15) is 0 Å². The van der Waals surface area contributed by atoms with E-state index in [2.05, 4.69) is 20.8 Å². The van der Waals surface area contributed by atoms with E-state index in [1.54, 1.807) is 6.92 Å². The van der Waals surface area contributed by atoms with Gasteiger partial charge in [0.2, 0.25) is 5.91 Å². The molecule has 5 fully saturated rings. The molecule has 0 aromatic carbocycles. The molecule has 5 rings (SSSR count). The maximum absolute atomic E-state index is 12.4. The molecule has 5 aliphatic rings. The summed E-state index contributed by atoms with van der Waals surface area (Å²) < 4.78 is 12.9. The zero-order chi connectivity index (χ0) is 16.6. The molecule has 5 nitrogen and oxygen atoms in total. The fraction of sp³-hybridized carbons (Fsp3) is 0.941. The van der Waals surface area contributed by atoms with E-state index in [1.807, 2.05) is 4.90 Å². The van der Waals surface area contributed by atoms with Gasteiger partial charge in [-0.1, -0.05) is 13.8 Å². The second-order valence-electron chi connectivity index (χ2n) is 8.87. The molecule has 2 heterocycles. The van der Waals surface area contributed by atoms with E-state index < -0.39 is 6.04 Å². The van der Waals surface area contributed by atoms with Crippen LogP contribution in [0, 0.1) is 17.3 Å². The number of amides is 1. The molecule has 2 bridgehead atoms. The van der Waals surface area contributed by atoms with Crippen LogP contribution < -0.4 is 5.73 Å². The first kappa shape index (κ1) is 15.9. The van der Waals surface area contributed by atoms with Crippen molar-refractivity contribution in [3.8, 4) is 0 Å². The van der Waals surface area contributed by atoms with Gasteiger partial charge in [-0.3, -0.25) is 4.79 Å². The third kappa shape index (κ3) is 2.07. The highest BCUT2D eigenvalue weighted by atomic mass is 16.7. The summed E-state index contributed by atoms with van der Waals surface area (Å²) in [7, 11) is -0.287. The van der Waals surface area contributed by atoms with Crippen LogP contribution in [0.3, 0.4) is 0 Å². The van der Waals surface area contributed by atoms with Crippen LogP contribution in [0.5, 0.6) is 0 Å². The Balaban J connectivity index is 1.53. The van der Waals surface area contributed by atoms with Crippen LogP contribution in [0.15, 0.2) is 0 Å². The Labute approximate surface area is 139 Å². The standard InChI is InChI=1S/C17H29BN2O3/c1-10(19)15(21)20-7-5-6-14(20)18-22-13-9-11-8-12(16(11,2)3)17(13,4)23-18/h10-14H,5-9,19H2,1-4H3/t10-,11-,12-,13+,14-,17-/m0/s1. The van der Waals surface area contributed by atoms with Crippen LogP contribution in [0.1, 0.15) is 53.4 Å². The number of hydrogen-bond donors (Lipinski definition) is 1. The molecule has 6 atom stereocenters. The Morgan fingerprint density at radius 1 is 1.35 bits per heavy atom. The second kappa shape index (κ2) is 4.96. The highest BCUT2D eigenvalue weighted by Gasteiger charge is 2.69.